The van der Waals surface area contributed by atoms with Crippen molar-refractivity contribution in [1.82, 2.24) is 4.90 Å². The Kier molecular flexibility index (Phi) is 6.49. The van der Waals surface area contributed by atoms with Crippen molar-refractivity contribution in [1.29, 1.82) is 0 Å². The first-order valence-electron chi connectivity index (χ1n) is 10.3. The van der Waals surface area contributed by atoms with Crippen LogP contribution in [0.2, 0.25) is 5.02 Å². The summed E-state index contributed by atoms with van der Waals surface area (Å²) in [5.74, 6) is 0.00614. The molecule has 1 aliphatic heterocycles. The summed E-state index contributed by atoms with van der Waals surface area (Å²) >= 11 is 6.24. The highest BCUT2D eigenvalue weighted by Crippen LogP contribution is 2.32. The minimum Gasteiger partial charge on any atom is -0.293 e. The lowest BCUT2D eigenvalue weighted by molar-refractivity contribution is -0.137. The predicted molar refractivity (Wildman–Crippen MR) is 122 cm³/mol. The minimum absolute atomic E-state index is 0.00614. The van der Waals surface area contributed by atoms with Gasteiger partial charge in [-0.2, -0.15) is 13.2 Å². The van der Waals surface area contributed by atoms with Gasteiger partial charge in [-0.25, -0.2) is 0 Å². The summed E-state index contributed by atoms with van der Waals surface area (Å²) in [5.41, 5.74) is 3.29. The van der Waals surface area contributed by atoms with E-state index in [1.54, 1.807) is 18.2 Å². The quantitative estimate of drug-likeness (QED) is 0.386. The number of halogens is 4. The van der Waals surface area contributed by atoms with Gasteiger partial charge in [-0.15, -0.1) is 0 Å². The van der Waals surface area contributed by atoms with Crippen LogP contribution in [-0.2, 0) is 6.18 Å². The molecule has 0 aliphatic carbocycles. The molecule has 1 heterocycles. The number of Topliss-reactive ketones (excluding diaryl/α,β-unsaturated/α-hetero) is 1. The molecule has 0 fully saturated rings. The van der Waals surface area contributed by atoms with Gasteiger partial charge >= 0.3 is 6.18 Å². The Morgan fingerprint density at radius 2 is 1.69 bits per heavy atom. The SMILES string of the molecule is O=C(CN1CC=C(c2cccc(C(F)(F)F)c2)CC1)c1ccc(-c2ccccc2Cl)cc1. The van der Waals surface area contributed by atoms with Gasteiger partial charge in [0.2, 0.25) is 0 Å². The van der Waals surface area contributed by atoms with E-state index in [1.165, 1.54) is 12.1 Å². The van der Waals surface area contributed by atoms with E-state index in [0.717, 1.165) is 22.8 Å². The maximum Gasteiger partial charge on any atom is 0.416 e. The van der Waals surface area contributed by atoms with Gasteiger partial charge in [0.15, 0.2) is 5.78 Å². The van der Waals surface area contributed by atoms with Gasteiger partial charge in [0.1, 0.15) is 0 Å². The highest BCUT2D eigenvalue weighted by Gasteiger charge is 2.30. The maximum absolute atomic E-state index is 13.0. The van der Waals surface area contributed by atoms with E-state index in [1.807, 2.05) is 47.4 Å². The van der Waals surface area contributed by atoms with Crippen LogP contribution in [0, 0.1) is 0 Å². The molecule has 0 amide bonds. The number of ketones is 1. The first-order chi connectivity index (χ1) is 15.3. The Morgan fingerprint density at radius 1 is 0.938 bits per heavy atom. The van der Waals surface area contributed by atoms with Crippen molar-refractivity contribution in [2.24, 2.45) is 0 Å². The molecule has 32 heavy (non-hydrogen) atoms. The zero-order valence-electron chi connectivity index (χ0n) is 17.2. The van der Waals surface area contributed by atoms with Gasteiger partial charge in [0, 0.05) is 29.2 Å². The molecule has 4 rings (SSSR count). The van der Waals surface area contributed by atoms with Gasteiger partial charge in [0.05, 0.1) is 12.1 Å². The standard InChI is InChI=1S/C26H21ClF3NO/c27-24-7-2-1-6-23(24)19-8-10-20(11-9-19)25(32)17-31-14-12-18(13-15-31)21-4-3-5-22(16-21)26(28,29)30/h1-12,16H,13-15,17H2. The molecule has 0 N–H and O–H groups in total. The first kappa shape index (κ1) is 22.3. The summed E-state index contributed by atoms with van der Waals surface area (Å²) < 4.78 is 38.9. The molecule has 0 atom stereocenters. The number of benzene rings is 3. The van der Waals surface area contributed by atoms with Crippen LogP contribution in [0.25, 0.3) is 16.7 Å². The van der Waals surface area contributed by atoms with Gasteiger partial charge in [-0.3, -0.25) is 9.69 Å². The second-order valence-electron chi connectivity index (χ2n) is 7.77. The van der Waals surface area contributed by atoms with Crippen molar-refractivity contribution < 1.29 is 18.0 Å². The van der Waals surface area contributed by atoms with E-state index in [9.17, 15) is 18.0 Å². The van der Waals surface area contributed by atoms with Crippen LogP contribution in [0.3, 0.4) is 0 Å². The Labute approximate surface area is 189 Å². The van der Waals surface area contributed by atoms with Crippen molar-refractivity contribution >= 4 is 23.0 Å². The third-order valence-corrected chi connectivity index (χ3v) is 5.94. The molecule has 3 aromatic rings. The summed E-state index contributed by atoms with van der Waals surface area (Å²) in [6.45, 7) is 1.40. The summed E-state index contributed by atoms with van der Waals surface area (Å²) in [5, 5.41) is 0.656. The Hall–Kier alpha value is -2.89. The van der Waals surface area contributed by atoms with E-state index >= 15 is 0 Å². The van der Waals surface area contributed by atoms with Crippen molar-refractivity contribution in [2.75, 3.05) is 19.6 Å². The molecule has 2 nitrogen and oxygen atoms in total. The number of rotatable bonds is 5. The molecule has 0 bridgehead atoms. The van der Waals surface area contributed by atoms with Crippen LogP contribution in [0.5, 0.6) is 0 Å². The van der Waals surface area contributed by atoms with E-state index in [-0.39, 0.29) is 12.3 Å². The smallest absolute Gasteiger partial charge is 0.293 e. The molecule has 0 unspecified atom stereocenters. The number of alkyl halides is 3. The number of hydrogen-bond acceptors (Lipinski definition) is 2. The monoisotopic (exact) mass is 455 g/mol. The van der Waals surface area contributed by atoms with Crippen LogP contribution < -0.4 is 0 Å². The zero-order chi connectivity index (χ0) is 22.7. The average molecular weight is 456 g/mol. The molecule has 0 aromatic heterocycles. The highest BCUT2D eigenvalue weighted by atomic mass is 35.5. The maximum atomic E-state index is 13.0. The fourth-order valence-corrected chi connectivity index (χ4v) is 4.08. The Bertz CT molecular complexity index is 1150. The molecule has 0 saturated heterocycles. The highest BCUT2D eigenvalue weighted by molar-refractivity contribution is 6.33. The molecule has 3 aromatic carbocycles. The third kappa shape index (κ3) is 5.12. The van der Waals surface area contributed by atoms with Crippen molar-refractivity contribution in [3.8, 4) is 11.1 Å². The van der Waals surface area contributed by atoms with Crippen LogP contribution in [-0.4, -0.2) is 30.3 Å². The first-order valence-corrected chi connectivity index (χ1v) is 10.7. The number of carbonyl (C=O) groups is 1. The van der Waals surface area contributed by atoms with Gasteiger partial charge in [-0.1, -0.05) is 72.3 Å². The number of carbonyl (C=O) groups excluding carboxylic acids is 1. The third-order valence-electron chi connectivity index (χ3n) is 5.61. The lowest BCUT2D eigenvalue weighted by atomic mass is 9.97. The normalized spacial score (nSPS) is 14.8. The molecule has 6 heteroatoms. The van der Waals surface area contributed by atoms with Crippen molar-refractivity contribution in [2.45, 2.75) is 12.6 Å². The average Bonchev–Trinajstić information content (AvgIpc) is 2.79. The molecular formula is C26H21ClF3NO. The number of hydrogen-bond donors (Lipinski definition) is 0. The van der Waals surface area contributed by atoms with Gasteiger partial charge < -0.3 is 0 Å². The zero-order valence-corrected chi connectivity index (χ0v) is 18.0. The molecule has 1 aliphatic rings. The summed E-state index contributed by atoms with van der Waals surface area (Å²) in [4.78, 5) is 14.7. The van der Waals surface area contributed by atoms with Crippen LogP contribution >= 0.6 is 11.6 Å². The van der Waals surface area contributed by atoms with Gasteiger partial charge in [-0.05, 0) is 41.3 Å². The van der Waals surface area contributed by atoms with E-state index in [0.29, 0.717) is 35.7 Å². The van der Waals surface area contributed by atoms with Gasteiger partial charge in [0.25, 0.3) is 0 Å². The minimum atomic E-state index is -4.36. The molecule has 0 saturated carbocycles. The van der Waals surface area contributed by atoms with Crippen LogP contribution in [0.1, 0.15) is 27.9 Å². The lowest BCUT2D eigenvalue weighted by Gasteiger charge is -2.26. The van der Waals surface area contributed by atoms with Crippen LogP contribution in [0.4, 0.5) is 13.2 Å². The molecular weight excluding hydrogens is 435 g/mol. The van der Waals surface area contributed by atoms with Crippen LogP contribution in [0.15, 0.2) is 78.9 Å². The second-order valence-corrected chi connectivity index (χ2v) is 8.18. The predicted octanol–water partition coefficient (Wildman–Crippen LogP) is 7.00. The fourth-order valence-electron chi connectivity index (χ4n) is 3.84. The summed E-state index contributed by atoms with van der Waals surface area (Å²) in [7, 11) is 0. The molecule has 0 radical (unpaired) electrons. The molecule has 164 valence electrons. The number of nitrogens with zero attached hydrogens (tertiary/aromatic N) is 1. The fraction of sp³-hybridized carbons (Fsp3) is 0.192. The second kappa shape index (κ2) is 9.31. The van der Waals surface area contributed by atoms with E-state index in [2.05, 4.69) is 0 Å². The van der Waals surface area contributed by atoms with Crippen molar-refractivity contribution in [3.05, 3.63) is 101 Å². The lowest BCUT2D eigenvalue weighted by Crippen LogP contribution is -2.33. The summed E-state index contributed by atoms with van der Waals surface area (Å²) in [6.07, 6.45) is -1.85. The largest absolute Gasteiger partial charge is 0.416 e. The molecule has 0 spiro atoms. The van der Waals surface area contributed by atoms with E-state index in [4.69, 9.17) is 11.6 Å². The van der Waals surface area contributed by atoms with Crippen molar-refractivity contribution in [3.63, 3.8) is 0 Å². The summed E-state index contributed by atoms with van der Waals surface area (Å²) in [6, 6.07) is 20.3. The topological polar surface area (TPSA) is 20.3 Å². The Balaban J connectivity index is 1.39. The Morgan fingerprint density at radius 3 is 2.34 bits per heavy atom. The van der Waals surface area contributed by atoms with E-state index < -0.39 is 11.7 Å².